The van der Waals surface area contributed by atoms with Crippen molar-refractivity contribution in [3.63, 3.8) is 0 Å². The second-order valence-corrected chi connectivity index (χ2v) is 7.34. The fourth-order valence-electron chi connectivity index (χ4n) is 2.85. The van der Waals surface area contributed by atoms with Crippen molar-refractivity contribution in [2.75, 3.05) is 5.32 Å². The minimum atomic E-state index is -0.500. The number of nitro groups is 1. The van der Waals surface area contributed by atoms with Crippen LogP contribution in [0.4, 0.5) is 11.5 Å². The molecule has 3 aromatic rings. The number of halogens is 1. The number of nitro benzene ring substituents is 1. The lowest BCUT2D eigenvalue weighted by Gasteiger charge is -2.11. The molecule has 0 bridgehead atoms. The van der Waals surface area contributed by atoms with Gasteiger partial charge in [0, 0.05) is 39.8 Å². The number of aromatic nitrogens is 2. The van der Waals surface area contributed by atoms with E-state index in [0.29, 0.717) is 16.4 Å². The topological polar surface area (TPSA) is 90.1 Å². The maximum Gasteiger partial charge on any atom is 0.269 e. The molecule has 1 aliphatic heterocycles. The summed E-state index contributed by atoms with van der Waals surface area (Å²) in [4.78, 5) is 23.0. The first kappa shape index (κ1) is 17.6. The molecule has 1 aromatic heterocycles. The van der Waals surface area contributed by atoms with Crippen molar-refractivity contribution in [1.82, 2.24) is 9.78 Å². The van der Waals surface area contributed by atoms with Gasteiger partial charge in [-0.15, -0.1) is 0 Å². The smallest absolute Gasteiger partial charge is 0.269 e. The Bertz CT molecular complexity index is 1050. The number of thioether (sulfide) groups is 1. The Morgan fingerprint density at radius 2 is 2.00 bits per heavy atom. The van der Waals surface area contributed by atoms with E-state index in [4.69, 9.17) is 11.6 Å². The number of benzene rings is 2. The Morgan fingerprint density at radius 1 is 1.22 bits per heavy atom. The fourth-order valence-corrected chi connectivity index (χ4v) is 4.07. The summed E-state index contributed by atoms with van der Waals surface area (Å²) >= 11 is 7.83. The van der Waals surface area contributed by atoms with Crippen LogP contribution in [0.5, 0.6) is 0 Å². The van der Waals surface area contributed by atoms with Gasteiger partial charge >= 0.3 is 0 Å². The number of nitrogens with one attached hydrogen (secondary N) is 1. The van der Waals surface area contributed by atoms with E-state index in [1.54, 1.807) is 28.6 Å². The molecule has 27 heavy (non-hydrogen) atoms. The van der Waals surface area contributed by atoms with Crippen molar-refractivity contribution < 1.29 is 9.72 Å². The average molecular weight is 401 g/mol. The molecule has 2 aromatic carbocycles. The Morgan fingerprint density at radius 3 is 2.70 bits per heavy atom. The molecular formula is C18H13ClN4O3S. The van der Waals surface area contributed by atoms with Crippen LogP contribution in [0.3, 0.4) is 0 Å². The van der Waals surface area contributed by atoms with Crippen molar-refractivity contribution in [3.05, 3.63) is 80.5 Å². The molecule has 9 heteroatoms. The highest BCUT2D eigenvalue weighted by Crippen LogP contribution is 2.36. The monoisotopic (exact) mass is 400 g/mol. The van der Waals surface area contributed by atoms with E-state index in [0.717, 1.165) is 28.5 Å². The van der Waals surface area contributed by atoms with Gasteiger partial charge in [0.1, 0.15) is 5.82 Å². The molecule has 0 aliphatic carbocycles. The maximum atomic E-state index is 12.7. The minimum Gasteiger partial charge on any atom is -0.306 e. The zero-order chi connectivity index (χ0) is 19.0. The molecule has 0 fully saturated rings. The number of amides is 1. The third kappa shape index (κ3) is 3.41. The quantitative estimate of drug-likeness (QED) is 0.516. The van der Waals surface area contributed by atoms with Gasteiger partial charge in [-0.25, -0.2) is 4.68 Å². The molecule has 0 radical (unpaired) electrons. The third-order valence-corrected chi connectivity index (χ3v) is 5.38. The fraction of sp³-hybridized carbons (Fsp3) is 0.111. The van der Waals surface area contributed by atoms with Crippen molar-refractivity contribution in [3.8, 4) is 5.69 Å². The van der Waals surface area contributed by atoms with E-state index < -0.39 is 4.92 Å². The first-order chi connectivity index (χ1) is 13.0. The predicted molar refractivity (Wildman–Crippen MR) is 105 cm³/mol. The second kappa shape index (κ2) is 7.05. The molecule has 0 saturated heterocycles. The zero-order valence-electron chi connectivity index (χ0n) is 13.9. The molecule has 7 nitrogen and oxygen atoms in total. The standard InChI is InChI=1S/C18H13ClN4O3S/c19-12-2-1-3-14(8-12)22-17(15-9-27-10-16(15)21-22)20-18(24)11-4-6-13(7-5-11)23(25)26/h1-8H,9-10H2,(H,20,24). The van der Waals surface area contributed by atoms with Gasteiger partial charge in [0.05, 0.1) is 16.3 Å². The van der Waals surface area contributed by atoms with E-state index in [1.165, 1.54) is 24.3 Å². The first-order valence-corrected chi connectivity index (χ1v) is 9.56. The lowest BCUT2D eigenvalue weighted by Crippen LogP contribution is -2.16. The number of anilines is 1. The van der Waals surface area contributed by atoms with Crippen LogP contribution < -0.4 is 5.32 Å². The summed E-state index contributed by atoms with van der Waals surface area (Å²) in [6.07, 6.45) is 0. The summed E-state index contributed by atoms with van der Waals surface area (Å²) < 4.78 is 1.68. The van der Waals surface area contributed by atoms with E-state index in [2.05, 4.69) is 10.4 Å². The van der Waals surface area contributed by atoms with Crippen LogP contribution in [-0.2, 0) is 11.5 Å². The van der Waals surface area contributed by atoms with Crippen molar-refractivity contribution in [1.29, 1.82) is 0 Å². The van der Waals surface area contributed by atoms with Crippen LogP contribution in [0.15, 0.2) is 48.5 Å². The maximum absolute atomic E-state index is 12.7. The highest BCUT2D eigenvalue weighted by atomic mass is 35.5. The zero-order valence-corrected chi connectivity index (χ0v) is 15.5. The summed E-state index contributed by atoms with van der Waals surface area (Å²) in [7, 11) is 0. The number of hydrogen-bond donors (Lipinski definition) is 1. The van der Waals surface area contributed by atoms with Gasteiger partial charge in [0.25, 0.3) is 11.6 Å². The summed E-state index contributed by atoms with van der Waals surface area (Å²) in [6, 6.07) is 12.7. The lowest BCUT2D eigenvalue weighted by atomic mass is 10.2. The van der Waals surface area contributed by atoms with Gasteiger partial charge in [-0.2, -0.15) is 16.9 Å². The van der Waals surface area contributed by atoms with E-state index >= 15 is 0 Å². The Kier molecular flexibility index (Phi) is 4.59. The number of nitrogens with zero attached hydrogens (tertiary/aromatic N) is 3. The van der Waals surface area contributed by atoms with Crippen molar-refractivity contribution >= 4 is 40.8 Å². The van der Waals surface area contributed by atoms with Crippen molar-refractivity contribution in [2.24, 2.45) is 0 Å². The molecule has 136 valence electrons. The number of fused-ring (bicyclic) bond motifs is 1. The molecular weight excluding hydrogens is 388 g/mol. The third-order valence-electron chi connectivity index (χ3n) is 4.18. The van der Waals surface area contributed by atoms with Gasteiger partial charge in [0.2, 0.25) is 0 Å². The predicted octanol–water partition coefficient (Wildman–Crippen LogP) is 4.43. The summed E-state index contributed by atoms with van der Waals surface area (Å²) in [6.45, 7) is 0. The molecule has 1 aliphatic rings. The molecule has 4 rings (SSSR count). The summed E-state index contributed by atoms with van der Waals surface area (Å²) in [5.41, 5.74) is 2.93. The van der Waals surface area contributed by atoms with Crippen LogP contribution in [-0.4, -0.2) is 20.6 Å². The van der Waals surface area contributed by atoms with Crippen LogP contribution in [0.1, 0.15) is 21.6 Å². The first-order valence-electron chi connectivity index (χ1n) is 8.03. The Hall–Kier alpha value is -2.84. The lowest BCUT2D eigenvalue weighted by molar-refractivity contribution is -0.384. The Labute approximate surface area is 163 Å². The molecule has 0 unspecified atom stereocenters. The number of rotatable bonds is 4. The number of carbonyl (C=O) groups is 1. The highest BCUT2D eigenvalue weighted by molar-refractivity contribution is 7.98. The van der Waals surface area contributed by atoms with E-state index in [-0.39, 0.29) is 11.6 Å². The second-order valence-electron chi connectivity index (χ2n) is 5.92. The van der Waals surface area contributed by atoms with Gasteiger partial charge in [0.15, 0.2) is 0 Å². The normalized spacial score (nSPS) is 12.6. The molecule has 0 saturated carbocycles. The molecule has 0 spiro atoms. The summed E-state index contributed by atoms with van der Waals surface area (Å²) in [5, 5.41) is 18.9. The summed E-state index contributed by atoms with van der Waals surface area (Å²) in [5.74, 6) is 1.78. The largest absolute Gasteiger partial charge is 0.306 e. The molecule has 1 N–H and O–H groups in total. The van der Waals surface area contributed by atoms with Gasteiger partial charge in [-0.1, -0.05) is 17.7 Å². The minimum absolute atomic E-state index is 0.0622. The number of hydrogen-bond acceptors (Lipinski definition) is 5. The van der Waals surface area contributed by atoms with Crippen molar-refractivity contribution in [2.45, 2.75) is 11.5 Å². The van der Waals surface area contributed by atoms with E-state index in [9.17, 15) is 14.9 Å². The SMILES string of the molecule is O=C(Nc1c2c(nn1-c1cccc(Cl)c1)CSC2)c1ccc([N+](=O)[O-])cc1. The highest BCUT2D eigenvalue weighted by Gasteiger charge is 2.25. The van der Waals surface area contributed by atoms with Gasteiger partial charge < -0.3 is 5.32 Å². The van der Waals surface area contributed by atoms with Gasteiger partial charge in [-0.3, -0.25) is 14.9 Å². The van der Waals surface area contributed by atoms with Crippen LogP contribution in [0.25, 0.3) is 5.69 Å². The molecule has 2 heterocycles. The van der Waals surface area contributed by atoms with E-state index in [1.807, 2.05) is 12.1 Å². The van der Waals surface area contributed by atoms with Crippen LogP contribution in [0, 0.1) is 10.1 Å². The average Bonchev–Trinajstić information content (AvgIpc) is 3.24. The molecule has 1 amide bonds. The molecule has 0 atom stereocenters. The van der Waals surface area contributed by atoms with Crippen LogP contribution >= 0.6 is 23.4 Å². The van der Waals surface area contributed by atoms with Crippen LogP contribution in [0.2, 0.25) is 5.02 Å². The number of non-ortho nitro benzene ring substituents is 1. The van der Waals surface area contributed by atoms with Gasteiger partial charge in [-0.05, 0) is 30.3 Å². The number of carbonyl (C=O) groups excluding carboxylic acids is 1. The Balaban J connectivity index is 1.69.